The molecule has 0 aliphatic carbocycles. The number of carbonyl (C=O) groups is 4. The molecule has 12 N–H and O–H groups in total. The van der Waals surface area contributed by atoms with E-state index in [-0.39, 0.29) is 37.1 Å². The third kappa shape index (κ3) is 14.4. The topological polar surface area (TPSA) is 266 Å². The number of primary amides is 1. The molecule has 2 aromatic carbocycles. The number of alkyl halides is 3. The van der Waals surface area contributed by atoms with Gasteiger partial charge in [-0.3, -0.25) is 29.8 Å². The molecule has 1 aromatic heterocycles. The second-order valence-electron chi connectivity index (χ2n) is 11.0. The first-order chi connectivity index (χ1) is 23.6. The van der Waals surface area contributed by atoms with E-state index in [2.05, 4.69) is 20.6 Å². The number of amides is 3. The number of aliphatic carboxylic acids is 1. The number of halogens is 3. The van der Waals surface area contributed by atoms with Crippen LogP contribution in [0.2, 0.25) is 0 Å². The van der Waals surface area contributed by atoms with Crippen molar-refractivity contribution in [3.05, 3.63) is 101 Å². The van der Waals surface area contributed by atoms with Crippen LogP contribution in [0, 0.1) is 5.41 Å². The zero-order valence-corrected chi connectivity index (χ0v) is 26.9. The van der Waals surface area contributed by atoms with Gasteiger partial charge in [0.15, 0.2) is 5.96 Å². The standard InChI is InChI=1S/C31H39N9O3.C2HF3O2/c32-27(33)22-13-10-21(11-14-22)18-24(23-8-4-16-37-19-23)29(42)40-26(15-12-20-6-2-1-3-7-20)30(43)39-25(28(34)41)9-5-17-38-31(35)36;3-2(4,5)1(6)7/h1-4,6-8,10-11,13-14,16,19,24-26H,5,9,12,15,17-18H2,(H3,32,33)(H2,34,41)(H,39,43)(H,40,42)(H4,35,36,38);(H,6,7)/t24-,25+,26+;/m1./s1. The molecule has 3 aromatic rings. The van der Waals surface area contributed by atoms with Crippen molar-refractivity contribution < 1.29 is 37.5 Å². The van der Waals surface area contributed by atoms with Gasteiger partial charge in [-0.05, 0) is 54.9 Å². The van der Waals surface area contributed by atoms with Crippen molar-refractivity contribution in [3.8, 4) is 0 Å². The van der Waals surface area contributed by atoms with Crippen LogP contribution in [0.5, 0.6) is 0 Å². The minimum absolute atomic E-state index is 0.0501. The summed E-state index contributed by atoms with van der Waals surface area (Å²) in [5.74, 6) is -5.14. The minimum Gasteiger partial charge on any atom is -0.475 e. The molecular formula is C33H40F3N9O5. The van der Waals surface area contributed by atoms with Crippen molar-refractivity contribution in [2.45, 2.75) is 56.3 Å². The predicted octanol–water partition coefficient (Wildman–Crippen LogP) is 1.47. The number of nitrogens with zero attached hydrogens (tertiary/aromatic N) is 2. The average Bonchev–Trinajstić information content (AvgIpc) is 3.07. The molecule has 0 spiro atoms. The van der Waals surface area contributed by atoms with Crippen LogP contribution in [0.1, 0.15) is 47.4 Å². The summed E-state index contributed by atoms with van der Waals surface area (Å²) in [5, 5.41) is 20.4. The molecule has 17 heteroatoms. The fourth-order valence-electron chi connectivity index (χ4n) is 4.56. The number of carboxylic acid groups (broad SMARTS) is 1. The normalized spacial score (nSPS) is 12.5. The van der Waals surface area contributed by atoms with Crippen LogP contribution in [-0.2, 0) is 32.0 Å². The van der Waals surface area contributed by atoms with Crippen molar-refractivity contribution in [2.24, 2.45) is 27.9 Å². The Kier molecular flexibility index (Phi) is 15.9. The number of carbonyl (C=O) groups excluding carboxylic acids is 3. The quantitative estimate of drug-likeness (QED) is 0.0610. The molecular weight excluding hydrogens is 659 g/mol. The molecule has 0 saturated carbocycles. The number of nitrogens with two attached hydrogens (primary N) is 4. The number of amidine groups is 1. The first kappa shape index (κ1) is 40.2. The number of nitrogens with one attached hydrogen (secondary N) is 3. The molecule has 3 amide bonds. The monoisotopic (exact) mass is 699 g/mol. The summed E-state index contributed by atoms with van der Waals surface area (Å²) >= 11 is 0. The summed E-state index contributed by atoms with van der Waals surface area (Å²) in [5.41, 5.74) is 25.0. The number of hydrogen-bond donors (Lipinski definition) is 8. The van der Waals surface area contributed by atoms with Crippen LogP contribution >= 0.6 is 0 Å². The van der Waals surface area contributed by atoms with E-state index in [9.17, 15) is 27.6 Å². The summed E-state index contributed by atoms with van der Waals surface area (Å²) in [6.07, 6.45) is -0.0923. The van der Waals surface area contributed by atoms with E-state index in [1.165, 1.54) is 0 Å². The van der Waals surface area contributed by atoms with Gasteiger partial charge in [-0.1, -0.05) is 60.7 Å². The van der Waals surface area contributed by atoms with Gasteiger partial charge in [0.1, 0.15) is 17.9 Å². The summed E-state index contributed by atoms with van der Waals surface area (Å²) in [7, 11) is 0. The largest absolute Gasteiger partial charge is 0.490 e. The first-order valence-electron chi connectivity index (χ1n) is 15.2. The lowest BCUT2D eigenvalue weighted by Gasteiger charge is -2.25. The van der Waals surface area contributed by atoms with Crippen LogP contribution in [0.3, 0.4) is 0 Å². The lowest BCUT2D eigenvalue weighted by Crippen LogP contribution is -2.53. The Labute approximate surface area is 286 Å². The maximum absolute atomic E-state index is 13.8. The van der Waals surface area contributed by atoms with Crippen molar-refractivity contribution in [3.63, 3.8) is 0 Å². The van der Waals surface area contributed by atoms with Crippen LogP contribution in [0.15, 0.2) is 84.1 Å². The maximum atomic E-state index is 13.8. The van der Waals surface area contributed by atoms with E-state index in [1.54, 1.807) is 36.7 Å². The number of carboxylic acids is 1. The van der Waals surface area contributed by atoms with Crippen molar-refractivity contribution >= 4 is 35.5 Å². The van der Waals surface area contributed by atoms with Gasteiger partial charge in [-0.2, -0.15) is 13.2 Å². The number of aliphatic imine (C=N–C) groups is 1. The Hall–Kier alpha value is -6.00. The van der Waals surface area contributed by atoms with Gasteiger partial charge >= 0.3 is 12.1 Å². The molecule has 1 heterocycles. The Balaban J connectivity index is 0.00000112. The Morgan fingerprint density at radius 2 is 1.46 bits per heavy atom. The number of benzene rings is 2. The zero-order valence-electron chi connectivity index (χ0n) is 26.9. The molecule has 14 nitrogen and oxygen atoms in total. The smallest absolute Gasteiger partial charge is 0.475 e. The lowest BCUT2D eigenvalue weighted by molar-refractivity contribution is -0.192. The molecule has 0 aliphatic heterocycles. The van der Waals surface area contributed by atoms with Crippen molar-refractivity contribution in [2.75, 3.05) is 6.54 Å². The second-order valence-corrected chi connectivity index (χ2v) is 11.0. The number of aromatic nitrogens is 1. The average molecular weight is 700 g/mol. The van der Waals surface area contributed by atoms with E-state index < -0.39 is 42.0 Å². The maximum Gasteiger partial charge on any atom is 0.490 e. The predicted molar refractivity (Wildman–Crippen MR) is 180 cm³/mol. The molecule has 3 atom stereocenters. The zero-order chi connectivity index (χ0) is 37.3. The molecule has 268 valence electrons. The molecule has 0 unspecified atom stereocenters. The number of guanidine groups is 1. The van der Waals surface area contributed by atoms with Gasteiger partial charge < -0.3 is 38.7 Å². The molecule has 0 radical (unpaired) electrons. The van der Waals surface area contributed by atoms with Gasteiger partial charge in [0.05, 0.1) is 5.92 Å². The SMILES string of the molecule is N=C(N)c1ccc(C[C@@H](C(=O)N[C@@H](CCc2ccccc2)C(=O)N[C@@H](CCCN=C(N)N)C(N)=O)c2cccnc2)cc1.O=C(O)C(F)(F)F. The van der Waals surface area contributed by atoms with E-state index >= 15 is 0 Å². The van der Waals surface area contributed by atoms with Crippen molar-refractivity contribution in [1.29, 1.82) is 5.41 Å². The Morgan fingerprint density at radius 1 is 0.840 bits per heavy atom. The fourth-order valence-corrected chi connectivity index (χ4v) is 4.56. The van der Waals surface area contributed by atoms with E-state index in [1.807, 2.05) is 42.5 Å². The number of nitrogen functional groups attached to an aromatic ring is 1. The van der Waals surface area contributed by atoms with Crippen molar-refractivity contribution in [1.82, 2.24) is 15.6 Å². The lowest BCUT2D eigenvalue weighted by atomic mass is 9.91. The summed E-state index contributed by atoms with van der Waals surface area (Å²) in [4.78, 5) is 56.5. The van der Waals surface area contributed by atoms with Gasteiger partial charge in [0.25, 0.3) is 0 Å². The van der Waals surface area contributed by atoms with Gasteiger partial charge in [-0.15, -0.1) is 0 Å². The minimum atomic E-state index is -5.08. The molecule has 0 bridgehead atoms. The molecule has 0 fully saturated rings. The highest BCUT2D eigenvalue weighted by atomic mass is 19.4. The first-order valence-corrected chi connectivity index (χ1v) is 15.2. The van der Waals surface area contributed by atoms with Crippen LogP contribution < -0.4 is 33.6 Å². The fraction of sp³-hybridized carbons (Fsp3) is 0.303. The van der Waals surface area contributed by atoms with E-state index in [0.717, 1.165) is 11.1 Å². The third-order valence-electron chi connectivity index (χ3n) is 7.15. The summed E-state index contributed by atoms with van der Waals surface area (Å²) in [6.45, 7) is 0.274. The van der Waals surface area contributed by atoms with E-state index in [0.29, 0.717) is 30.4 Å². The highest BCUT2D eigenvalue weighted by Crippen LogP contribution is 2.22. The van der Waals surface area contributed by atoms with Gasteiger partial charge in [0, 0.05) is 24.5 Å². The highest BCUT2D eigenvalue weighted by Gasteiger charge is 2.38. The summed E-state index contributed by atoms with van der Waals surface area (Å²) in [6, 6.07) is 18.3. The third-order valence-corrected chi connectivity index (χ3v) is 7.15. The van der Waals surface area contributed by atoms with Crippen LogP contribution in [-0.4, -0.2) is 70.4 Å². The van der Waals surface area contributed by atoms with Crippen LogP contribution in [0.25, 0.3) is 0 Å². The van der Waals surface area contributed by atoms with Gasteiger partial charge in [0.2, 0.25) is 17.7 Å². The number of aryl methyl sites for hydroxylation is 1. The summed E-state index contributed by atoms with van der Waals surface area (Å²) < 4.78 is 31.7. The molecule has 3 rings (SSSR count). The molecule has 0 saturated heterocycles. The molecule has 50 heavy (non-hydrogen) atoms. The van der Waals surface area contributed by atoms with E-state index in [4.69, 9.17) is 38.2 Å². The number of rotatable bonds is 16. The van der Waals surface area contributed by atoms with Crippen LogP contribution in [0.4, 0.5) is 13.2 Å². The molecule has 0 aliphatic rings. The Morgan fingerprint density at radius 3 is 1.98 bits per heavy atom. The number of hydrogen-bond acceptors (Lipinski definition) is 7. The van der Waals surface area contributed by atoms with Gasteiger partial charge in [-0.25, -0.2) is 4.79 Å². The highest BCUT2D eigenvalue weighted by molar-refractivity contribution is 5.95. The Bertz CT molecular complexity index is 1600. The number of pyridine rings is 1. The second kappa shape index (κ2) is 19.7.